The Balaban J connectivity index is 2.01. The van der Waals surface area contributed by atoms with Crippen LogP contribution in [0, 0.1) is 5.92 Å². The zero-order valence-electron chi connectivity index (χ0n) is 10.5. The van der Waals surface area contributed by atoms with Crippen LogP contribution in [0.15, 0.2) is 24.3 Å². The maximum absolute atomic E-state index is 12.0. The molecule has 1 aromatic carbocycles. The molecule has 6 nitrogen and oxygen atoms in total. The summed E-state index contributed by atoms with van der Waals surface area (Å²) < 4.78 is 30.2. The van der Waals surface area contributed by atoms with Crippen LogP contribution in [-0.2, 0) is 15.1 Å². The average Bonchev–Trinajstić information content (AvgIpc) is 2.41. The third-order valence-electron chi connectivity index (χ3n) is 3.13. The molecule has 8 heteroatoms. The van der Waals surface area contributed by atoms with Gasteiger partial charge in [0.25, 0.3) is 0 Å². The van der Waals surface area contributed by atoms with Crippen LogP contribution in [0.5, 0.6) is 5.75 Å². The van der Waals surface area contributed by atoms with E-state index in [1.54, 1.807) is 0 Å². The second-order valence-electron chi connectivity index (χ2n) is 4.51. The van der Waals surface area contributed by atoms with Crippen molar-refractivity contribution >= 4 is 27.9 Å². The Morgan fingerprint density at radius 3 is 2.30 bits per heavy atom. The highest BCUT2D eigenvalue weighted by molar-refractivity contribution is 7.84. The molecule has 0 bridgehead atoms. The van der Waals surface area contributed by atoms with Crippen molar-refractivity contribution in [3.8, 4) is 5.75 Å². The third-order valence-corrected chi connectivity index (χ3v) is 4.79. The third kappa shape index (κ3) is 3.62. The summed E-state index contributed by atoms with van der Waals surface area (Å²) in [5.74, 6) is -1.20. The van der Waals surface area contributed by atoms with E-state index in [9.17, 15) is 13.2 Å². The minimum absolute atomic E-state index is 0.146. The fraction of sp³-hybridized carbons (Fsp3) is 0.417. The van der Waals surface area contributed by atoms with E-state index in [0.717, 1.165) is 4.31 Å². The van der Waals surface area contributed by atoms with Gasteiger partial charge in [-0.15, -0.1) is 0 Å². The van der Waals surface area contributed by atoms with E-state index in [2.05, 4.69) is 0 Å². The van der Waals surface area contributed by atoms with Crippen LogP contribution in [0.4, 0.5) is 0 Å². The number of rotatable bonds is 4. The van der Waals surface area contributed by atoms with Crippen molar-refractivity contribution in [2.24, 2.45) is 5.92 Å². The topological polar surface area (TPSA) is 83.9 Å². The van der Waals surface area contributed by atoms with Crippen LogP contribution in [0.25, 0.3) is 0 Å². The van der Waals surface area contributed by atoms with Crippen molar-refractivity contribution in [1.82, 2.24) is 4.31 Å². The molecule has 1 aromatic rings. The predicted octanol–water partition coefficient (Wildman–Crippen LogP) is 1.76. The largest absolute Gasteiger partial charge is 0.481 e. The molecule has 0 aliphatic carbocycles. The first-order valence-corrected chi connectivity index (χ1v) is 7.81. The summed E-state index contributed by atoms with van der Waals surface area (Å²) in [6, 6.07) is 5.99. The van der Waals surface area contributed by atoms with E-state index < -0.39 is 22.2 Å². The molecule has 0 spiro atoms. The van der Waals surface area contributed by atoms with Gasteiger partial charge in [-0.25, -0.2) is 0 Å². The molecule has 0 unspecified atom stereocenters. The van der Waals surface area contributed by atoms with Crippen LogP contribution in [0.3, 0.4) is 0 Å². The van der Waals surface area contributed by atoms with Crippen molar-refractivity contribution in [1.29, 1.82) is 0 Å². The number of aliphatic carboxylic acids is 1. The van der Waals surface area contributed by atoms with Gasteiger partial charge in [0.05, 0.1) is 5.92 Å². The lowest BCUT2D eigenvalue weighted by atomic mass is 9.99. The quantitative estimate of drug-likeness (QED) is 0.914. The standard InChI is InChI=1S/C12H14ClNO5S/c13-10-1-3-11(4-2-10)19-20(17,18)14-7-5-9(6-8-14)12(15)16/h1-4,9H,5-8H2,(H,15,16). The highest BCUT2D eigenvalue weighted by atomic mass is 35.5. The Labute approximate surface area is 122 Å². The Morgan fingerprint density at radius 2 is 1.80 bits per heavy atom. The van der Waals surface area contributed by atoms with Crippen LogP contribution in [0.2, 0.25) is 5.02 Å². The van der Waals surface area contributed by atoms with E-state index in [-0.39, 0.29) is 18.8 Å². The summed E-state index contributed by atoms with van der Waals surface area (Å²) in [5.41, 5.74) is 0. The average molecular weight is 320 g/mol. The molecule has 2 rings (SSSR count). The summed E-state index contributed by atoms with van der Waals surface area (Å²) in [6.45, 7) is 0.291. The summed E-state index contributed by atoms with van der Waals surface area (Å²) in [6.07, 6.45) is 0.580. The molecule has 0 saturated carbocycles. The first-order valence-electron chi connectivity index (χ1n) is 6.06. The number of nitrogens with zero attached hydrogens (tertiary/aromatic N) is 1. The molecule has 0 radical (unpaired) electrons. The number of hydrogen-bond donors (Lipinski definition) is 1. The van der Waals surface area contributed by atoms with Crippen LogP contribution in [0.1, 0.15) is 12.8 Å². The minimum Gasteiger partial charge on any atom is -0.481 e. The molecule has 110 valence electrons. The first-order chi connectivity index (χ1) is 9.38. The van der Waals surface area contributed by atoms with Gasteiger partial charge in [-0.2, -0.15) is 12.7 Å². The second-order valence-corrected chi connectivity index (χ2v) is 6.48. The molecule has 0 atom stereocenters. The Hall–Kier alpha value is -1.31. The molecule has 1 fully saturated rings. The SMILES string of the molecule is O=C(O)C1CCN(S(=O)(=O)Oc2ccc(Cl)cc2)CC1. The Bertz CT molecular complexity index is 578. The van der Waals surface area contributed by atoms with E-state index in [0.29, 0.717) is 17.9 Å². The van der Waals surface area contributed by atoms with Crippen molar-refractivity contribution < 1.29 is 22.5 Å². The molecule has 20 heavy (non-hydrogen) atoms. The summed E-state index contributed by atoms with van der Waals surface area (Å²) in [4.78, 5) is 10.8. The molecule has 1 N–H and O–H groups in total. The van der Waals surface area contributed by atoms with Gasteiger partial charge >= 0.3 is 16.3 Å². The molecule has 1 heterocycles. The lowest BCUT2D eigenvalue weighted by molar-refractivity contribution is -0.142. The number of benzene rings is 1. The summed E-state index contributed by atoms with van der Waals surface area (Å²) in [5, 5.41) is 9.36. The Morgan fingerprint density at radius 1 is 1.25 bits per heavy atom. The van der Waals surface area contributed by atoms with Crippen molar-refractivity contribution in [2.75, 3.05) is 13.1 Å². The number of halogens is 1. The van der Waals surface area contributed by atoms with E-state index in [1.165, 1.54) is 24.3 Å². The van der Waals surface area contributed by atoms with Gasteiger partial charge in [0.1, 0.15) is 5.75 Å². The lowest BCUT2D eigenvalue weighted by Crippen LogP contribution is -2.42. The summed E-state index contributed by atoms with van der Waals surface area (Å²) >= 11 is 5.71. The van der Waals surface area contributed by atoms with E-state index in [1.807, 2.05) is 0 Å². The number of carbonyl (C=O) groups is 1. The fourth-order valence-corrected chi connectivity index (χ4v) is 3.23. The van der Waals surface area contributed by atoms with Gasteiger partial charge in [-0.3, -0.25) is 4.79 Å². The molecule has 1 saturated heterocycles. The van der Waals surface area contributed by atoms with Gasteiger partial charge in [-0.05, 0) is 37.1 Å². The van der Waals surface area contributed by atoms with Crippen molar-refractivity contribution in [2.45, 2.75) is 12.8 Å². The normalized spacial score (nSPS) is 17.9. The number of carboxylic acids is 1. The second kappa shape index (κ2) is 5.99. The number of hydrogen-bond acceptors (Lipinski definition) is 4. The minimum atomic E-state index is -3.90. The van der Waals surface area contributed by atoms with Gasteiger partial charge in [0, 0.05) is 18.1 Å². The number of carboxylic acid groups (broad SMARTS) is 1. The molecule has 1 aliphatic heterocycles. The maximum atomic E-state index is 12.0. The molecule has 0 amide bonds. The summed E-state index contributed by atoms with van der Waals surface area (Å²) in [7, 11) is -3.90. The first kappa shape index (κ1) is 15.1. The van der Waals surface area contributed by atoms with Crippen LogP contribution >= 0.6 is 11.6 Å². The maximum Gasteiger partial charge on any atom is 0.385 e. The van der Waals surface area contributed by atoms with E-state index >= 15 is 0 Å². The molecular weight excluding hydrogens is 306 g/mol. The van der Waals surface area contributed by atoms with Gasteiger partial charge in [0.2, 0.25) is 0 Å². The van der Waals surface area contributed by atoms with Gasteiger partial charge in [0.15, 0.2) is 0 Å². The smallest absolute Gasteiger partial charge is 0.385 e. The van der Waals surface area contributed by atoms with Crippen molar-refractivity contribution in [3.05, 3.63) is 29.3 Å². The molecule has 1 aliphatic rings. The monoisotopic (exact) mass is 319 g/mol. The highest BCUT2D eigenvalue weighted by Gasteiger charge is 2.32. The zero-order chi connectivity index (χ0) is 14.8. The molecular formula is C12H14ClNO5S. The van der Waals surface area contributed by atoms with Gasteiger partial charge in [-0.1, -0.05) is 11.6 Å². The fourth-order valence-electron chi connectivity index (χ4n) is 1.99. The lowest BCUT2D eigenvalue weighted by Gasteiger charge is -2.28. The zero-order valence-corrected chi connectivity index (χ0v) is 12.1. The van der Waals surface area contributed by atoms with Crippen LogP contribution < -0.4 is 4.18 Å². The van der Waals surface area contributed by atoms with Gasteiger partial charge < -0.3 is 9.29 Å². The van der Waals surface area contributed by atoms with Crippen molar-refractivity contribution in [3.63, 3.8) is 0 Å². The Kier molecular flexibility index (Phi) is 4.52. The van der Waals surface area contributed by atoms with Crippen LogP contribution in [-0.4, -0.2) is 36.9 Å². The predicted molar refractivity (Wildman–Crippen MR) is 72.9 cm³/mol. The molecule has 0 aromatic heterocycles. The van der Waals surface area contributed by atoms with E-state index in [4.69, 9.17) is 20.9 Å². The highest BCUT2D eigenvalue weighted by Crippen LogP contribution is 2.23. The number of piperidine rings is 1.